The zero-order chi connectivity index (χ0) is 12.6. The molecule has 4 nitrogen and oxygen atoms in total. The van der Waals surface area contributed by atoms with Gasteiger partial charge in [0.25, 0.3) is 11.8 Å². The number of rotatable bonds is 3. The number of ketones is 1. The van der Waals surface area contributed by atoms with Gasteiger partial charge in [0.2, 0.25) is 0 Å². The minimum Gasteiger partial charge on any atom is -0.300 e. The van der Waals surface area contributed by atoms with E-state index in [0.29, 0.717) is 5.56 Å². The Balaban J connectivity index is 2.33. The van der Waals surface area contributed by atoms with Crippen molar-refractivity contribution >= 4 is 29.2 Å². The van der Waals surface area contributed by atoms with Crippen LogP contribution in [0.15, 0.2) is 18.2 Å². The summed E-state index contributed by atoms with van der Waals surface area (Å²) in [5, 5.41) is 0.270. The summed E-state index contributed by atoms with van der Waals surface area (Å²) in [7, 11) is 0. The second-order valence-electron chi connectivity index (χ2n) is 3.88. The minimum absolute atomic E-state index is 0.0624. The van der Waals surface area contributed by atoms with Crippen molar-refractivity contribution in [3.63, 3.8) is 0 Å². The summed E-state index contributed by atoms with van der Waals surface area (Å²) in [6, 6.07) is 4.76. The van der Waals surface area contributed by atoms with Crippen LogP contribution in [0.4, 0.5) is 0 Å². The molecule has 88 valence electrons. The van der Waals surface area contributed by atoms with Crippen LogP contribution in [-0.2, 0) is 4.79 Å². The highest BCUT2D eigenvalue weighted by molar-refractivity contribution is 6.37. The van der Waals surface area contributed by atoms with E-state index in [-0.39, 0.29) is 35.2 Å². The van der Waals surface area contributed by atoms with Crippen LogP contribution >= 0.6 is 11.6 Å². The molecule has 1 aliphatic heterocycles. The standard InChI is InChI=1S/C12H10ClNO3/c1-7(15)5-6-14-11(16)8-3-2-4-9(13)10(8)12(14)17/h2-4H,5-6H2,1H3. The quantitative estimate of drug-likeness (QED) is 0.771. The number of hydrogen-bond donors (Lipinski definition) is 0. The maximum atomic E-state index is 11.9. The molecule has 0 N–H and O–H groups in total. The molecule has 0 spiro atoms. The van der Waals surface area contributed by atoms with Crippen molar-refractivity contribution in [3.8, 4) is 0 Å². The fraction of sp³-hybridized carbons (Fsp3) is 0.250. The van der Waals surface area contributed by atoms with Crippen LogP contribution < -0.4 is 0 Å². The third kappa shape index (κ3) is 1.96. The summed E-state index contributed by atoms with van der Waals surface area (Å²) in [6.07, 6.45) is 0.170. The predicted molar refractivity (Wildman–Crippen MR) is 62.1 cm³/mol. The van der Waals surface area contributed by atoms with Crippen LogP contribution in [0.25, 0.3) is 0 Å². The first-order valence-electron chi connectivity index (χ1n) is 5.16. The normalized spacial score (nSPS) is 14.1. The van der Waals surface area contributed by atoms with Crippen molar-refractivity contribution in [1.82, 2.24) is 4.90 Å². The zero-order valence-electron chi connectivity index (χ0n) is 9.20. The third-order valence-corrected chi connectivity index (χ3v) is 2.95. The molecule has 0 bridgehead atoms. The molecule has 0 atom stereocenters. The summed E-state index contributed by atoms with van der Waals surface area (Å²) in [5.74, 6) is -0.863. The van der Waals surface area contributed by atoms with Crippen LogP contribution in [0.1, 0.15) is 34.1 Å². The Morgan fingerprint density at radius 3 is 2.59 bits per heavy atom. The van der Waals surface area contributed by atoms with Crippen LogP contribution in [0.2, 0.25) is 5.02 Å². The Kier molecular flexibility index (Phi) is 2.98. The summed E-state index contributed by atoms with van der Waals surface area (Å²) in [6.45, 7) is 1.53. The van der Waals surface area contributed by atoms with Gasteiger partial charge in [-0.1, -0.05) is 17.7 Å². The zero-order valence-corrected chi connectivity index (χ0v) is 9.95. The molecule has 2 rings (SSSR count). The van der Waals surface area contributed by atoms with Crippen molar-refractivity contribution in [2.45, 2.75) is 13.3 Å². The van der Waals surface area contributed by atoms with Crippen molar-refractivity contribution in [1.29, 1.82) is 0 Å². The fourth-order valence-corrected chi connectivity index (χ4v) is 2.02. The Bertz CT molecular complexity index is 524. The van der Waals surface area contributed by atoms with Crippen molar-refractivity contribution in [3.05, 3.63) is 34.3 Å². The molecule has 0 saturated heterocycles. The smallest absolute Gasteiger partial charge is 0.263 e. The molecule has 0 aliphatic carbocycles. The number of carbonyl (C=O) groups excluding carboxylic acids is 3. The highest BCUT2D eigenvalue weighted by atomic mass is 35.5. The number of halogens is 1. The largest absolute Gasteiger partial charge is 0.300 e. The molecule has 0 aromatic heterocycles. The highest BCUT2D eigenvalue weighted by Gasteiger charge is 2.36. The maximum absolute atomic E-state index is 11.9. The SMILES string of the molecule is CC(=O)CCN1C(=O)c2cccc(Cl)c2C1=O. The van der Waals surface area contributed by atoms with Crippen molar-refractivity contribution in [2.24, 2.45) is 0 Å². The summed E-state index contributed by atoms with van der Waals surface area (Å²) < 4.78 is 0. The molecular weight excluding hydrogens is 242 g/mol. The van der Waals surface area contributed by atoms with Gasteiger partial charge in [-0.05, 0) is 19.1 Å². The van der Waals surface area contributed by atoms with Crippen LogP contribution in [-0.4, -0.2) is 29.0 Å². The van der Waals surface area contributed by atoms with Crippen LogP contribution in [0, 0.1) is 0 Å². The van der Waals surface area contributed by atoms with E-state index in [2.05, 4.69) is 0 Å². The molecule has 1 aromatic rings. The molecule has 17 heavy (non-hydrogen) atoms. The van der Waals surface area contributed by atoms with Gasteiger partial charge in [-0.3, -0.25) is 19.3 Å². The number of benzene rings is 1. The average Bonchev–Trinajstić information content (AvgIpc) is 2.50. The third-order valence-electron chi connectivity index (χ3n) is 2.64. The maximum Gasteiger partial charge on any atom is 0.263 e. The number of Topliss-reactive ketones (excluding diaryl/α,β-unsaturated/α-hetero) is 1. The lowest BCUT2D eigenvalue weighted by atomic mass is 10.1. The van der Waals surface area contributed by atoms with Crippen LogP contribution in [0.3, 0.4) is 0 Å². The Morgan fingerprint density at radius 1 is 1.29 bits per heavy atom. The number of amides is 2. The highest BCUT2D eigenvalue weighted by Crippen LogP contribution is 2.28. The lowest BCUT2D eigenvalue weighted by Gasteiger charge is -2.11. The second-order valence-corrected chi connectivity index (χ2v) is 4.28. The predicted octanol–water partition coefficient (Wildman–Crippen LogP) is 1.92. The second kappa shape index (κ2) is 4.30. The number of fused-ring (bicyclic) bond motifs is 1. The number of hydrogen-bond acceptors (Lipinski definition) is 3. The van der Waals surface area contributed by atoms with E-state index >= 15 is 0 Å². The summed E-state index contributed by atoms with van der Waals surface area (Å²) in [4.78, 5) is 35.8. The molecule has 0 fully saturated rings. The van der Waals surface area contributed by atoms with Gasteiger partial charge in [0.15, 0.2) is 0 Å². The van der Waals surface area contributed by atoms with Gasteiger partial charge in [-0.25, -0.2) is 0 Å². The molecule has 2 amide bonds. The lowest BCUT2D eigenvalue weighted by molar-refractivity contribution is -0.117. The Labute approximate surface area is 103 Å². The molecule has 1 heterocycles. The lowest BCUT2D eigenvalue weighted by Crippen LogP contribution is -2.31. The number of nitrogens with zero attached hydrogens (tertiary/aromatic N) is 1. The van der Waals surface area contributed by atoms with Crippen molar-refractivity contribution in [2.75, 3.05) is 6.54 Å². The van der Waals surface area contributed by atoms with E-state index in [1.807, 2.05) is 0 Å². The molecule has 5 heteroatoms. The van der Waals surface area contributed by atoms with Gasteiger partial charge in [0, 0.05) is 13.0 Å². The van der Waals surface area contributed by atoms with E-state index in [4.69, 9.17) is 11.6 Å². The number of imide groups is 1. The van der Waals surface area contributed by atoms with Gasteiger partial charge >= 0.3 is 0 Å². The molecule has 1 aromatic carbocycles. The van der Waals surface area contributed by atoms with Crippen molar-refractivity contribution < 1.29 is 14.4 Å². The van der Waals surface area contributed by atoms with Gasteiger partial charge < -0.3 is 0 Å². The van der Waals surface area contributed by atoms with Gasteiger partial charge in [0.1, 0.15) is 5.78 Å². The first kappa shape index (κ1) is 11.8. The van der Waals surface area contributed by atoms with Crippen LogP contribution in [0.5, 0.6) is 0 Å². The van der Waals surface area contributed by atoms with E-state index < -0.39 is 5.91 Å². The topological polar surface area (TPSA) is 54.5 Å². The van der Waals surface area contributed by atoms with Gasteiger partial charge in [0.05, 0.1) is 16.1 Å². The molecule has 0 saturated carbocycles. The van der Waals surface area contributed by atoms with E-state index in [0.717, 1.165) is 4.90 Å². The first-order valence-corrected chi connectivity index (χ1v) is 5.54. The minimum atomic E-state index is -0.420. The monoisotopic (exact) mass is 251 g/mol. The summed E-state index contributed by atoms with van der Waals surface area (Å²) in [5.41, 5.74) is 0.550. The van der Waals surface area contributed by atoms with Gasteiger partial charge in [-0.2, -0.15) is 0 Å². The van der Waals surface area contributed by atoms with E-state index in [1.165, 1.54) is 6.92 Å². The Hall–Kier alpha value is -1.68. The van der Waals surface area contributed by atoms with Gasteiger partial charge in [-0.15, -0.1) is 0 Å². The average molecular weight is 252 g/mol. The van der Waals surface area contributed by atoms with E-state index in [9.17, 15) is 14.4 Å². The number of carbonyl (C=O) groups is 3. The molecular formula is C12H10ClNO3. The summed E-state index contributed by atoms with van der Waals surface area (Å²) >= 11 is 5.89. The molecule has 1 aliphatic rings. The first-order chi connectivity index (χ1) is 8.02. The molecule has 0 unspecified atom stereocenters. The Morgan fingerprint density at radius 2 is 2.00 bits per heavy atom. The molecule has 0 radical (unpaired) electrons. The fourth-order valence-electron chi connectivity index (χ4n) is 1.76. The van der Waals surface area contributed by atoms with E-state index in [1.54, 1.807) is 18.2 Å².